The lowest BCUT2D eigenvalue weighted by molar-refractivity contribution is 0.0697. The third kappa shape index (κ3) is 4.15. The van der Waals surface area contributed by atoms with Gasteiger partial charge in [-0.2, -0.15) is 5.10 Å². The molecule has 0 radical (unpaired) electrons. The van der Waals surface area contributed by atoms with Gasteiger partial charge in [-0.3, -0.25) is 5.43 Å². The van der Waals surface area contributed by atoms with Gasteiger partial charge in [0.05, 0.1) is 11.4 Å². The zero-order valence-corrected chi connectivity index (χ0v) is 17.8. The van der Waals surface area contributed by atoms with Crippen LogP contribution in [-0.2, 0) is 6.42 Å². The average Bonchev–Trinajstić information content (AvgIpc) is 3.04. The van der Waals surface area contributed by atoms with E-state index in [-0.39, 0.29) is 11.2 Å². The van der Waals surface area contributed by atoms with Crippen LogP contribution in [0.4, 0.5) is 5.69 Å². The van der Waals surface area contributed by atoms with Crippen LogP contribution in [0, 0.1) is 19.3 Å². The topological polar surface area (TPSA) is 63.8 Å². The first kappa shape index (κ1) is 20.0. The van der Waals surface area contributed by atoms with E-state index in [4.69, 9.17) is 9.15 Å². The Morgan fingerprint density at radius 3 is 2.43 bits per heavy atom. The van der Waals surface area contributed by atoms with Crippen LogP contribution in [-0.4, -0.2) is 11.7 Å². The number of rotatable bonds is 4. The fourth-order valence-corrected chi connectivity index (χ4v) is 3.81. The standard InChI is InChI=1S/C25H26N2O3/c1-16-10-12-19(13-11-16)29-24(28)23-17(2)22-20(14-25(3,4)15-21(22)30-23)27-26-18-8-6-5-7-9-18/h5-13,26H,14-15H2,1-4H3/b27-20-. The monoisotopic (exact) mass is 402 g/mol. The van der Waals surface area contributed by atoms with E-state index in [1.807, 2.05) is 56.3 Å². The number of esters is 1. The number of anilines is 1. The number of hydrogen-bond donors (Lipinski definition) is 1. The number of carbonyl (C=O) groups excluding carboxylic acids is 1. The van der Waals surface area contributed by atoms with E-state index in [1.165, 1.54) is 0 Å². The van der Waals surface area contributed by atoms with E-state index >= 15 is 0 Å². The van der Waals surface area contributed by atoms with Crippen LogP contribution in [0.3, 0.4) is 0 Å². The van der Waals surface area contributed by atoms with Crippen molar-refractivity contribution in [3.05, 3.63) is 82.8 Å². The zero-order chi connectivity index (χ0) is 21.3. The molecule has 0 saturated heterocycles. The summed E-state index contributed by atoms with van der Waals surface area (Å²) in [5, 5.41) is 4.67. The van der Waals surface area contributed by atoms with E-state index in [0.29, 0.717) is 5.75 Å². The van der Waals surface area contributed by atoms with Gasteiger partial charge in [0.1, 0.15) is 11.5 Å². The number of nitrogens with one attached hydrogen (secondary N) is 1. The highest BCUT2D eigenvalue weighted by molar-refractivity contribution is 6.06. The van der Waals surface area contributed by atoms with E-state index < -0.39 is 5.97 Å². The number of aryl methyl sites for hydroxylation is 1. The summed E-state index contributed by atoms with van der Waals surface area (Å²) in [7, 11) is 0. The minimum atomic E-state index is -0.487. The molecule has 0 atom stereocenters. The van der Waals surface area contributed by atoms with Crippen molar-refractivity contribution in [2.45, 2.75) is 40.5 Å². The van der Waals surface area contributed by atoms with Gasteiger partial charge in [0.15, 0.2) is 0 Å². The number of furan rings is 1. The third-order valence-electron chi connectivity index (χ3n) is 5.30. The van der Waals surface area contributed by atoms with Crippen LogP contribution in [0.15, 0.2) is 64.1 Å². The fraction of sp³-hybridized carbons (Fsp3) is 0.280. The molecule has 0 spiro atoms. The van der Waals surface area contributed by atoms with Crippen molar-refractivity contribution in [2.24, 2.45) is 10.5 Å². The minimum absolute atomic E-state index is 0.0212. The number of hydrazone groups is 1. The second kappa shape index (κ2) is 7.82. The summed E-state index contributed by atoms with van der Waals surface area (Å²) in [4.78, 5) is 12.8. The van der Waals surface area contributed by atoms with Crippen molar-refractivity contribution in [3.63, 3.8) is 0 Å². The van der Waals surface area contributed by atoms with E-state index in [2.05, 4.69) is 24.4 Å². The van der Waals surface area contributed by atoms with E-state index in [9.17, 15) is 4.79 Å². The summed E-state index contributed by atoms with van der Waals surface area (Å²) in [5.74, 6) is 1.04. The second-order valence-electron chi connectivity index (χ2n) is 8.61. The third-order valence-corrected chi connectivity index (χ3v) is 5.30. The molecule has 5 nitrogen and oxygen atoms in total. The van der Waals surface area contributed by atoms with Gasteiger partial charge in [-0.1, -0.05) is 49.7 Å². The highest BCUT2D eigenvalue weighted by Gasteiger charge is 2.36. The Morgan fingerprint density at radius 2 is 1.73 bits per heavy atom. The van der Waals surface area contributed by atoms with Crippen molar-refractivity contribution < 1.29 is 13.9 Å². The van der Waals surface area contributed by atoms with E-state index in [0.717, 1.165) is 46.7 Å². The molecule has 1 aliphatic carbocycles. The number of nitrogens with zero attached hydrogens (tertiary/aromatic N) is 1. The molecule has 1 N–H and O–H groups in total. The van der Waals surface area contributed by atoms with Crippen LogP contribution in [0.1, 0.15) is 53.3 Å². The van der Waals surface area contributed by atoms with Gasteiger partial charge in [-0.25, -0.2) is 4.79 Å². The van der Waals surface area contributed by atoms with Gasteiger partial charge in [0, 0.05) is 17.5 Å². The van der Waals surface area contributed by atoms with Gasteiger partial charge < -0.3 is 9.15 Å². The number of benzene rings is 2. The smallest absolute Gasteiger partial charge is 0.379 e. The molecule has 1 aliphatic rings. The Kier molecular flexibility index (Phi) is 5.20. The SMILES string of the molecule is Cc1ccc(OC(=O)c2oc3c(c2C)/C(=N\Nc2ccccc2)CC(C)(C)C3)cc1. The molecule has 0 amide bonds. The summed E-state index contributed by atoms with van der Waals surface area (Å²) in [6, 6.07) is 17.2. The zero-order valence-electron chi connectivity index (χ0n) is 17.8. The number of carbonyl (C=O) groups is 1. The lowest BCUT2D eigenvalue weighted by atomic mass is 9.75. The maximum Gasteiger partial charge on any atom is 0.379 e. The maximum absolute atomic E-state index is 12.8. The highest BCUT2D eigenvalue weighted by Crippen LogP contribution is 2.39. The minimum Gasteiger partial charge on any atom is -0.453 e. The summed E-state index contributed by atoms with van der Waals surface area (Å²) in [6.07, 6.45) is 1.53. The summed E-state index contributed by atoms with van der Waals surface area (Å²) in [6.45, 7) is 8.24. The Balaban J connectivity index is 1.66. The van der Waals surface area contributed by atoms with Crippen LogP contribution < -0.4 is 10.2 Å². The normalized spacial score (nSPS) is 16.2. The number of para-hydroxylation sites is 1. The van der Waals surface area contributed by atoms with Crippen LogP contribution in [0.5, 0.6) is 5.75 Å². The highest BCUT2D eigenvalue weighted by atomic mass is 16.5. The van der Waals surface area contributed by atoms with Crippen molar-refractivity contribution in [2.75, 3.05) is 5.43 Å². The summed E-state index contributed by atoms with van der Waals surface area (Å²) < 4.78 is 11.6. The maximum atomic E-state index is 12.8. The molecule has 5 heteroatoms. The first-order valence-electron chi connectivity index (χ1n) is 10.1. The molecule has 0 unspecified atom stereocenters. The lowest BCUT2D eigenvalue weighted by Gasteiger charge is -2.29. The molecule has 0 fully saturated rings. The lowest BCUT2D eigenvalue weighted by Crippen LogP contribution is -2.27. The number of ether oxygens (including phenoxy) is 1. The Bertz CT molecular complexity index is 1090. The fourth-order valence-electron chi connectivity index (χ4n) is 3.81. The molecule has 0 saturated carbocycles. The predicted molar refractivity (Wildman–Crippen MR) is 118 cm³/mol. The molecule has 0 bridgehead atoms. The van der Waals surface area contributed by atoms with Gasteiger partial charge in [-0.15, -0.1) is 0 Å². The number of fused-ring (bicyclic) bond motifs is 1. The molecule has 154 valence electrons. The number of hydrogen-bond acceptors (Lipinski definition) is 5. The Labute approximate surface area is 176 Å². The predicted octanol–water partition coefficient (Wildman–Crippen LogP) is 5.90. The Morgan fingerprint density at radius 1 is 1.03 bits per heavy atom. The van der Waals surface area contributed by atoms with Crippen molar-refractivity contribution in [1.29, 1.82) is 0 Å². The molecule has 0 aliphatic heterocycles. The Hall–Kier alpha value is -3.34. The van der Waals surface area contributed by atoms with Crippen molar-refractivity contribution in [1.82, 2.24) is 0 Å². The van der Waals surface area contributed by atoms with Gasteiger partial charge in [-0.05, 0) is 49.9 Å². The van der Waals surface area contributed by atoms with Gasteiger partial charge in [0.2, 0.25) is 5.76 Å². The quantitative estimate of drug-likeness (QED) is 0.335. The van der Waals surface area contributed by atoms with Crippen LogP contribution in [0.2, 0.25) is 0 Å². The van der Waals surface area contributed by atoms with Crippen molar-refractivity contribution >= 4 is 17.4 Å². The molecule has 3 aromatic rings. The van der Waals surface area contributed by atoms with Crippen LogP contribution >= 0.6 is 0 Å². The largest absolute Gasteiger partial charge is 0.453 e. The summed E-state index contributed by atoms with van der Waals surface area (Å²) in [5.41, 5.74) is 7.70. The summed E-state index contributed by atoms with van der Waals surface area (Å²) >= 11 is 0. The molecule has 2 aromatic carbocycles. The first-order valence-corrected chi connectivity index (χ1v) is 10.1. The molecular formula is C25H26N2O3. The molecule has 4 rings (SSSR count). The van der Waals surface area contributed by atoms with Gasteiger partial charge in [0.25, 0.3) is 0 Å². The molecule has 1 aromatic heterocycles. The van der Waals surface area contributed by atoms with Crippen molar-refractivity contribution in [3.8, 4) is 5.75 Å². The average molecular weight is 402 g/mol. The molecular weight excluding hydrogens is 376 g/mol. The second-order valence-corrected chi connectivity index (χ2v) is 8.61. The van der Waals surface area contributed by atoms with Crippen LogP contribution in [0.25, 0.3) is 0 Å². The van der Waals surface area contributed by atoms with E-state index in [1.54, 1.807) is 12.1 Å². The molecule has 1 heterocycles. The van der Waals surface area contributed by atoms with Gasteiger partial charge >= 0.3 is 5.97 Å². The molecule has 30 heavy (non-hydrogen) atoms. The first-order chi connectivity index (χ1) is 14.3.